The Labute approximate surface area is 124 Å². The molecule has 4 heteroatoms. The lowest BCUT2D eigenvalue weighted by Gasteiger charge is -2.30. The molecule has 1 N–H and O–H groups in total. The van der Waals surface area contributed by atoms with E-state index in [1.165, 1.54) is 36.6 Å². The molecule has 0 atom stereocenters. The van der Waals surface area contributed by atoms with Gasteiger partial charge in [-0.25, -0.2) is 4.98 Å². The van der Waals surface area contributed by atoms with Crippen LogP contribution in [0.1, 0.15) is 24.8 Å². The van der Waals surface area contributed by atoms with Crippen LogP contribution in [0.5, 0.6) is 0 Å². The van der Waals surface area contributed by atoms with E-state index in [0.717, 1.165) is 13.1 Å². The molecule has 1 saturated heterocycles. The molecular weight excluding hydrogens is 265 g/mol. The molecule has 1 aliphatic heterocycles. The van der Waals surface area contributed by atoms with Crippen molar-refractivity contribution < 1.29 is 4.39 Å². The van der Waals surface area contributed by atoms with Crippen LogP contribution in [0.15, 0.2) is 42.5 Å². The molecule has 0 saturated carbocycles. The van der Waals surface area contributed by atoms with Gasteiger partial charge in [0.25, 0.3) is 0 Å². The topological polar surface area (TPSA) is 28.2 Å². The second kappa shape index (κ2) is 6.57. The zero-order valence-corrected chi connectivity index (χ0v) is 12.1. The molecule has 110 valence electrons. The quantitative estimate of drug-likeness (QED) is 0.866. The maximum Gasteiger partial charge on any atom is 0.214 e. The van der Waals surface area contributed by atoms with Crippen molar-refractivity contribution in [2.75, 3.05) is 23.3 Å². The second-order valence-electron chi connectivity index (χ2n) is 5.38. The summed E-state index contributed by atoms with van der Waals surface area (Å²) in [4.78, 5) is 6.28. The molecule has 0 bridgehead atoms. The molecule has 3 rings (SSSR count). The molecule has 1 aliphatic rings. The smallest absolute Gasteiger partial charge is 0.214 e. The van der Waals surface area contributed by atoms with Crippen LogP contribution < -0.4 is 10.2 Å². The van der Waals surface area contributed by atoms with Crippen LogP contribution in [-0.2, 0) is 6.54 Å². The van der Waals surface area contributed by atoms with Crippen molar-refractivity contribution in [2.24, 2.45) is 0 Å². The zero-order valence-electron chi connectivity index (χ0n) is 12.1. The van der Waals surface area contributed by atoms with Crippen LogP contribution in [0.2, 0.25) is 0 Å². The summed E-state index contributed by atoms with van der Waals surface area (Å²) >= 11 is 0. The Bertz CT molecular complexity index is 594. The highest BCUT2D eigenvalue weighted by Crippen LogP contribution is 2.24. The number of piperidine rings is 1. The Morgan fingerprint density at radius 2 is 1.81 bits per heavy atom. The molecule has 0 radical (unpaired) electrons. The van der Waals surface area contributed by atoms with E-state index in [-0.39, 0.29) is 0 Å². The number of nitrogens with zero attached hydrogens (tertiary/aromatic N) is 2. The van der Waals surface area contributed by atoms with Gasteiger partial charge in [-0.2, -0.15) is 4.39 Å². The van der Waals surface area contributed by atoms with Gasteiger partial charge in [0, 0.05) is 25.3 Å². The predicted molar refractivity (Wildman–Crippen MR) is 84.0 cm³/mol. The van der Waals surface area contributed by atoms with Gasteiger partial charge in [-0.05, 0) is 43.0 Å². The van der Waals surface area contributed by atoms with Crippen molar-refractivity contribution in [3.63, 3.8) is 0 Å². The largest absolute Gasteiger partial charge is 0.371 e. The molecule has 3 nitrogen and oxygen atoms in total. The van der Waals surface area contributed by atoms with Crippen LogP contribution in [0, 0.1) is 5.95 Å². The highest BCUT2D eigenvalue weighted by Gasteiger charge is 2.13. The van der Waals surface area contributed by atoms with Crippen molar-refractivity contribution in [3.8, 4) is 0 Å². The van der Waals surface area contributed by atoms with Crippen molar-refractivity contribution >= 4 is 11.5 Å². The van der Waals surface area contributed by atoms with Crippen LogP contribution in [0.4, 0.5) is 15.9 Å². The van der Waals surface area contributed by atoms with E-state index in [2.05, 4.69) is 33.4 Å². The zero-order chi connectivity index (χ0) is 14.5. The number of para-hydroxylation sites is 1. The molecule has 0 aliphatic carbocycles. The lowest BCUT2D eigenvalue weighted by molar-refractivity contribution is 0.576. The molecule has 2 aromatic rings. The van der Waals surface area contributed by atoms with Gasteiger partial charge in [0.05, 0.1) is 0 Å². The van der Waals surface area contributed by atoms with E-state index >= 15 is 0 Å². The van der Waals surface area contributed by atoms with E-state index in [9.17, 15) is 4.39 Å². The van der Waals surface area contributed by atoms with Crippen LogP contribution in [0.25, 0.3) is 0 Å². The minimum atomic E-state index is -0.454. The number of halogens is 1. The molecule has 2 heterocycles. The highest BCUT2D eigenvalue weighted by molar-refractivity contribution is 5.55. The van der Waals surface area contributed by atoms with Gasteiger partial charge in [-0.3, -0.25) is 0 Å². The van der Waals surface area contributed by atoms with E-state index in [1.54, 1.807) is 12.1 Å². The fraction of sp³-hybridized carbons (Fsp3) is 0.353. The number of hydrogen-bond acceptors (Lipinski definition) is 3. The van der Waals surface area contributed by atoms with Crippen LogP contribution >= 0.6 is 0 Å². The third-order valence-electron chi connectivity index (χ3n) is 3.86. The molecule has 1 fully saturated rings. The highest BCUT2D eigenvalue weighted by atomic mass is 19.1. The van der Waals surface area contributed by atoms with Gasteiger partial charge in [0.1, 0.15) is 5.82 Å². The van der Waals surface area contributed by atoms with E-state index in [1.807, 2.05) is 6.07 Å². The fourth-order valence-corrected chi connectivity index (χ4v) is 2.80. The Morgan fingerprint density at radius 3 is 2.62 bits per heavy atom. The average Bonchev–Trinajstić information content (AvgIpc) is 2.54. The predicted octanol–water partition coefficient (Wildman–Crippen LogP) is 3.82. The average molecular weight is 285 g/mol. The van der Waals surface area contributed by atoms with Gasteiger partial charge in [-0.1, -0.05) is 24.3 Å². The lowest BCUT2D eigenvalue weighted by Crippen LogP contribution is -2.30. The van der Waals surface area contributed by atoms with Crippen molar-refractivity contribution in [1.82, 2.24) is 4.98 Å². The minimum absolute atomic E-state index is 0.454. The van der Waals surface area contributed by atoms with Crippen molar-refractivity contribution in [1.29, 1.82) is 0 Å². The molecular formula is C17H20FN3. The molecule has 21 heavy (non-hydrogen) atoms. The molecule has 0 amide bonds. The Morgan fingerprint density at radius 1 is 1.00 bits per heavy atom. The monoisotopic (exact) mass is 285 g/mol. The molecule has 1 aromatic heterocycles. The molecule has 0 unspecified atom stereocenters. The maximum atomic E-state index is 13.1. The van der Waals surface area contributed by atoms with Gasteiger partial charge in [-0.15, -0.1) is 0 Å². The Balaban J connectivity index is 1.73. The normalized spacial score (nSPS) is 15.0. The van der Waals surface area contributed by atoms with Crippen LogP contribution in [0.3, 0.4) is 0 Å². The lowest BCUT2D eigenvalue weighted by atomic mass is 10.1. The number of rotatable bonds is 4. The van der Waals surface area contributed by atoms with E-state index in [0.29, 0.717) is 12.4 Å². The van der Waals surface area contributed by atoms with Gasteiger partial charge < -0.3 is 10.2 Å². The van der Waals surface area contributed by atoms with Gasteiger partial charge in [0.15, 0.2) is 0 Å². The number of nitrogens with one attached hydrogen (secondary N) is 1. The first-order valence-corrected chi connectivity index (χ1v) is 7.52. The fourth-order valence-electron chi connectivity index (χ4n) is 2.80. The summed E-state index contributed by atoms with van der Waals surface area (Å²) in [6.07, 6.45) is 3.84. The summed E-state index contributed by atoms with van der Waals surface area (Å²) in [6, 6.07) is 13.2. The number of hydrogen-bond donors (Lipinski definition) is 1. The standard InChI is InChI=1S/C17H20FN3/c18-16-9-6-10-17(20-16)19-13-14-7-2-3-8-15(14)21-11-4-1-5-12-21/h2-3,6-10H,1,4-5,11-13H2,(H,19,20). The third-order valence-corrected chi connectivity index (χ3v) is 3.86. The number of aromatic nitrogens is 1. The van der Waals surface area contributed by atoms with E-state index < -0.39 is 5.95 Å². The summed E-state index contributed by atoms with van der Waals surface area (Å²) in [5.74, 6) is 0.118. The van der Waals surface area contributed by atoms with Crippen molar-refractivity contribution in [3.05, 3.63) is 54.0 Å². The maximum absolute atomic E-state index is 13.1. The number of anilines is 2. The molecule has 1 aromatic carbocycles. The summed E-state index contributed by atoms with van der Waals surface area (Å²) in [5, 5.41) is 3.20. The Hall–Kier alpha value is -2.10. The third kappa shape index (κ3) is 3.51. The first-order valence-electron chi connectivity index (χ1n) is 7.52. The second-order valence-corrected chi connectivity index (χ2v) is 5.38. The van der Waals surface area contributed by atoms with Gasteiger partial charge >= 0.3 is 0 Å². The number of pyridine rings is 1. The molecule has 0 spiro atoms. The summed E-state index contributed by atoms with van der Waals surface area (Å²) in [5.41, 5.74) is 2.51. The van der Waals surface area contributed by atoms with E-state index in [4.69, 9.17) is 0 Å². The first kappa shape index (κ1) is 13.9. The minimum Gasteiger partial charge on any atom is -0.371 e. The number of benzene rings is 1. The van der Waals surface area contributed by atoms with Gasteiger partial charge in [0.2, 0.25) is 5.95 Å². The van der Waals surface area contributed by atoms with Crippen molar-refractivity contribution in [2.45, 2.75) is 25.8 Å². The van der Waals surface area contributed by atoms with Crippen LogP contribution in [-0.4, -0.2) is 18.1 Å². The summed E-state index contributed by atoms with van der Waals surface area (Å²) < 4.78 is 13.1. The Kier molecular flexibility index (Phi) is 4.34. The summed E-state index contributed by atoms with van der Waals surface area (Å²) in [6.45, 7) is 2.90. The SMILES string of the molecule is Fc1cccc(NCc2ccccc2N2CCCCC2)n1. The summed E-state index contributed by atoms with van der Waals surface area (Å²) in [7, 11) is 0. The first-order chi connectivity index (χ1) is 10.3.